The Kier molecular flexibility index (Phi) is 2.70. The summed E-state index contributed by atoms with van der Waals surface area (Å²) in [6.45, 7) is 0. The molecule has 0 aliphatic heterocycles. The van der Waals surface area contributed by atoms with Gasteiger partial charge in [0.2, 0.25) is 6.29 Å². The Hall–Kier alpha value is -1.97. The minimum absolute atomic E-state index is 0.0622. The molecule has 1 aliphatic rings. The van der Waals surface area contributed by atoms with Gasteiger partial charge in [0.15, 0.2) is 5.82 Å². The Morgan fingerprint density at radius 2 is 1.89 bits per heavy atom. The molecule has 18 heavy (non-hydrogen) atoms. The lowest BCUT2D eigenvalue weighted by atomic mass is 9.78. The summed E-state index contributed by atoms with van der Waals surface area (Å²) in [7, 11) is 0. The van der Waals surface area contributed by atoms with Gasteiger partial charge < -0.3 is 4.52 Å². The van der Waals surface area contributed by atoms with Crippen molar-refractivity contribution in [1.82, 2.24) is 10.1 Å². The molecule has 3 rings (SSSR count). The van der Waals surface area contributed by atoms with E-state index in [1.165, 1.54) is 5.56 Å². The van der Waals surface area contributed by atoms with Gasteiger partial charge in [-0.05, 0) is 18.4 Å². The predicted octanol–water partition coefficient (Wildman–Crippen LogP) is 2.74. The Bertz CT molecular complexity index is 542. The zero-order valence-corrected chi connectivity index (χ0v) is 10.0. The molecule has 2 aromatic rings. The van der Waals surface area contributed by atoms with Gasteiger partial charge >= 0.3 is 0 Å². The number of hydrogen-bond donors (Lipinski definition) is 0. The van der Waals surface area contributed by atoms with E-state index in [2.05, 4.69) is 22.3 Å². The van der Waals surface area contributed by atoms with E-state index in [4.69, 9.17) is 4.52 Å². The average molecular weight is 242 g/mol. The third kappa shape index (κ3) is 1.65. The predicted molar refractivity (Wildman–Crippen MR) is 65.4 cm³/mol. The number of benzene rings is 1. The van der Waals surface area contributed by atoms with E-state index in [1.54, 1.807) is 0 Å². The first-order valence-corrected chi connectivity index (χ1v) is 6.20. The highest BCUT2D eigenvalue weighted by molar-refractivity contribution is 5.67. The molecule has 0 N–H and O–H groups in total. The molecule has 1 fully saturated rings. The second-order valence-corrected chi connectivity index (χ2v) is 4.73. The standard InChI is InChI=1S/C14H14N2O2/c17-10-12-15-13(16-18-12)14(8-4-5-9-14)11-6-2-1-3-7-11/h1-3,6-7,10H,4-5,8-9H2. The summed E-state index contributed by atoms with van der Waals surface area (Å²) >= 11 is 0. The topological polar surface area (TPSA) is 56.0 Å². The number of aldehydes is 1. The summed E-state index contributed by atoms with van der Waals surface area (Å²) in [5.41, 5.74) is 1.03. The summed E-state index contributed by atoms with van der Waals surface area (Å²) in [6, 6.07) is 10.2. The van der Waals surface area contributed by atoms with Crippen LogP contribution in [0.3, 0.4) is 0 Å². The Labute approximate surface area is 105 Å². The van der Waals surface area contributed by atoms with Crippen LogP contribution in [0.4, 0.5) is 0 Å². The van der Waals surface area contributed by atoms with Crippen molar-refractivity contribution in [3.8, 4) is 0 Å². The first-order chi connectivity index (χ1) is 8.85. The SMILES string of the molecule is O=Cc1nc(C2(c3ccccc3)CCCC2)no1. The average Bonchev–Trinajstić information content (AvgIpc) is 3.09. The fourth-order valence-corrected chi connectivity index (χ4v) is 2.85. The maximum absolute atomic E-state index is 10.7. The molecule has 0 atom stereocenters. The Morgan fingerprint density at radius 1 is 1.17 bits per heavy atom. The van der Waals surface area contributed by atoms with Crippen LogP contribution in [-0.2, 0) is 5.41 Å². The number of rotatable bonds is 3. The van der Waals surface area contributed by atoms with E-state index < -0.39 is 0 Å². The van der Waals surface area contributed by atoms with Crippen LogP contribution in [0.5, 0.6) is 0 Å². The maximum atomic E-state index is 10.7. The summed E-state index contributed by atoms with van der Waals surface area (Å²) in [4.78, 5) is 14.9. The molecule has 0 spiro atoms. The second-order valence-electron chi connectivity index (χ2n) is 4.73. The molecule has 1 aromatic heterocycles. The quantitative estimate of drug-likeness (QED) is 0.776. The van der Waals surface area contributed by atoms with Gasteiger partial charge in [-0.2, -0.15) is 4.98 Å². The van der Waals surface area contributed by atoms with Crippen molar-refractivity contribution in [3.05, 3.63) is 47.6 Å². The Balaban J connectivity index is 2.09. The molecule has 0 amide bonds. The fraction of sp³-hybridized carbons (Fsp3) is 0.357. The van der Waals surface area contributed by atoms with E-state index in [1.807, 2.05) is 18.2 Å². The van der Waals surface area contributed by atoms with E-state index in [9.17, 15) is 4.79 Å². The molecule has 1 aliphatic carbocycles. The molecule has 1 heterocycles. The van der Waals surface area contributed by atoms with Crippen molar-refractivity contribution in [1.29, 1.82) is 0 Å². The number of nitrogens with zero attached hydrogens (tertiary/aromatic N) is 2. The van der Waals surface area contributed by atoms with Crippen LogP contribution in [0.2, 0.25) is 0 Å². The van der Waals surface area contributed by atoms with Gasteiger partial charge in [0.25, 0.3) is 5.89 Å². The molecule has 1 aromatic carbocycles. The van der Waals surface area contributed by atoms with Crippen LogP contribution >= 0.6 is 0 Å². The molecular formula is C14H14N2O2. The first kappa shape index (κ1) is 11.1. The lowest BCUT2D eigenvalue weighted by Crippen LogP contribution is -2.25. The lowest BCUT2D eigenvalue weighted by molar-refractivity contribution is 0.108. The van der Waals surface area contributed by atoms with Crippen molar-refractivity contribution in [3.63, 3.8) is 0 Å². The Morgan fingerprint density at radius 3 is 2.50 bits per heavy atom. The molecule has 4 nitrogen and oxygen atoms in total. The fourth-order valence-electron chi connectivity index (χ4n) is 2.85. The molecule has 0 saturated heterocycles. The third-order valence-electron chi connectivity index (χ3n) is 3.75. The molecule has 0 radical (unpaired) electrons. The van der Waals surface area contributed by atoms with E-state index in [-0.39, 0.29) is 11.3 Å². The highest BCUT2D eigenvalue weighted by Crippen LogP contribution is 2.44. The summed E-state index contributed by atoms with van der Waals surface area (Å²) in [5.74, 6) is 0.709. The van der Waals surface area contributed by atoms with Crippen LogP contribution in [0.15, 0.2) is 34.9 Å². The van der Waals surface area contributed by atoms with Crippen molar-refractivity contribution in [2.45, 2.75) is 31.1 Å². The van der Waals surface area contributed by atoms with Crippen molar-refractivity contribution in [2.24, 2.45) is 0 Å². The van der Waals surface area contributed by atoms with Gasteiger partial charge in [0.1, 0.15) is 0 Å². The van der Waals surface area contributed by atoms with Crippen molar-refractivity contribution >= 4 is 6.29 Å². The molecule has 4 heteroatoms. The van der Waals surface area contributed by atoms with Crippen molar-refractivity contribution < 1.29 is 9.32 Å². The molecule has 0 bridgehead atoms. The number of carbonyl (C=O) groups excluding carboxylic acids is 1. The second kappa shape index (κ2) is 4.37. The van der Waals surface area contributed by atoms with Crippen LogP contribution < -0.4 is 0 Å². The van der Waals surface area contributed by atoms with Gasteiger partial charge in [-0.15, -0.1) is 0 Å². The summed E-state index contributed by atoms with van der Waals surface area (Å²) < 4.78 is 4.94. The maximum Gasteiger partial charge on any atom is 0.290 e. The summed E-state index contributed by atoms with van der Waals surface area (Å²) in [5, 5.41) is 4.00. The minimum Gasteiger partial charge on any atom is -0.331 e. The highest BCUT2D eigenvalue weighted by Gasteiger charge is 2.41. The van der Waals surface area contributed by atoms with Crippen LogP contribution in [0.1, 0.15) is 47.8 Å². The monoisotopic (exact) mass is 242 g/mol. The normalized spacial score (nSPS) is 17.8. The zero-order chi connectivity index (χ0) is 12.4. The van der Waals surface area contributed by atoms with E-state index in [0.717, 1.165) is 25.7 Å². The van der Waals surface area contributed by atoms with Crippen LogP contribution in [0, 0.1) is 0 Å². The number of hydrogen-bond acceptors (Lipinski definition) is 4. The molecule has 92 valence electrons. The zero-order valence-electron chi connectivity index (χ0n) is 10.0. The molecule has 0 unspecified atom stereocenters. The van der Waals surface area contributed by atoms with Crippen LogP contribution in [-0.4, -0.2) is 16.4 Å². The summed E-state index contributed by atoms with van der Waals surface area (Å²) in [6.07, 6.45) is 4.92. The van der Waals surface area contributed by atoms with Gasteiger partial charge in [-0.3, -0.25) is 4.79 Å². The van der Waals surface area contributed by atoms with Crippen LogP contribution in [0.25, 0.3) is 0 Å². The molecule has 1 saturated carbocycles. The van der Waals surface area contributed by atoms with Gasteiger partial charge in [-0.1, -0.05) is 48.3 Å². The smallest absolute Gasteiger partial charge is 0.290 e. The minimum atomic E-state index is -0.175. The molecular weight excluding hydrogens is 228 g/mol. The van der Waals surface area contributed by atoms with Gasteiger partial charge in [0.05, 0.1) is 5.41 Å². The third-order valence-corrected chi connectivity index (χ3v) is 3.75. The largest absolute Gasteiger partial charge is 0.331 e. The van der Waals surface area contributed by atoms with Crippen molar-refractivity contribution in [2.75, 3.05) is 0 Å². The number of aromatic nitrogens is 2. The first-order valence-electron chi connectivity index (χ1n) is 6.20. The van der Waals surface area contributed by atoms with Gasteiger partial charge in [-0.25, -0.2) is 0 Å². The number of carbonyl (C=O) groups is 1. The highest BCUT2D eigenvalue weighted by atomic mass is 16.5. The lowest BCUT2D eigenvalue weighted by Gasteiger charge is -2.25. The van der Waals surface area contributed by atoms with Gasteiger partial charge in [0, 0.05) is 0 Å². The van der Waals surface area contributed by atoms with E-state index in [0.29, 0.717) is 12.1 Å². The van der Waals surface area contributed by atoms with E-state index >= 15 is 0 Å².